The van der Waals surface area contributed by atoms with Crippen molar-refractivity contribution < 1.29 is 27.5 Å². The van der Waals surface area contributed by atoms with E-state index in [1.165, 1.54) is 48.0 Å². The van der Waals surface area contributed by atoms with E-state index >= 15 is 13.2 Å². The van der Waals surface area contributed by atoms with Gasteiger partial charge in [0.15, 0.2) is 0 Å². The molecule has 5 heterocycles. The van der Waals surface area contributed by atoms with Gasteiger partial charge in [0.05, 0.1) is 23.4 Å². The molecular weight excluding hydrogens is 723 g/mol. The standard InChI is InChI=1S/C39H37ClF3N7O4/c1-54-37-23(17-44-20-25-9-12-33(51)47-25)8-11-31(49-37)30-7-3-5-28(35(30)39(41,42)43)29-6-2-4-27(36(29)40)22-14-15-50-32(16-22)46-19-24(38(50)53)18-45-21-26-10-13-34(52)48-26/h2-8,11,14-16,19,25-26,44-45H,9-10,12-13,17-18,20-21H2,1H3,(H,47,51)(H,48,52)/t25-,26+/m1/s1. The van der Waals surface area contributed by atoms with Gasteiger partial charge in [0.1, 0.15) is 5.65 Å². The highest BCUT2D eigenvalue weighted by atomic mass is 35.5. The first kappa shape index (κ1) is 37.0. The van der Waals surface area contributed by atoms with Crippen LogP contribution in [0.4, 0.5) is 13.2 Å². The van der Waals surface area contributed by atoms with Gasteiger partial charge >= 0.3 is 6.18 Å². The summed E-state index contributed by atoms with van der Waals surface area (Å²) in [6.45, 7) is 1.67. The summed E-state index contributed by atoms with van der Waals surface area (Å²) in [5, 5.41) is 12.3. The molecule has 3 aromatic heterocycles. The SMILES string of the molecule is COc1nc(-c2cccc(-c3cccc(-c4ccn5c(=O)c(CNC[C@@H]6CCC(=O)N6)cnc5c4)c3Cl)c2C(F)(F)F)ccc1CNC[C@H]1CCC(=O)N1. The Labute approximate surface area is 313 Å². The molecule has 2 aromatic carbocycles. The molecule has 0 radical (unpaired) electrons. The molecule has 11 nitrogen and oxygen atoms in total. The molecule has 0 spiro atoms. The van der Waals surface area contributed by atoms with Crippen molar-refractivity contribution in [2.45, 2.75) is 57.0 Å². The van der Waals surface area contributed by atoms with E-state index in [9.17, 15) is 14.4 Å². The number of hydrogen-bond donors (Lipinski definition) is 4. The molecule has 2 saturated heterocycles. The minimum absolute atomic E-state index is 0.0119. The predicted octanol–water partition coefficient (Wildman–Crippen LogP) is 5.51. The van der Waals surface area contributed by atoms with Gasteiger partial charge < -0.3 is 26.0 Å². The van der Waals surface area contributed by atoms with E-state index < -0.39 is 11.7 Å². The lowest BCUT2D eigenvalue weighted by Crippen LogP contribution is -2.36. The topological polar surface area (TPSA) is 139 Å². The molecule has 0 aliphatic carbocycles. The van der Waals surface area contributed by atoms with Crippen LogP contribution in [0.5, 0.6) is 5.88 Å². The average molecular weight is 760 g/mol. The molecule has 2 atom stereocenters. The van der Waals surface area contributed by atoms with Gasteiger partial charge in [-0.1, -0.05) is 54.1 Å². The maximum atomic E-state index is 15.1. The van der Waals surface area contributed by atoms with Gasteiger partial charge in [-0.05, 0) is 42.2 Å². The molecule has 5 aromatic rings. The highest BCUT2D eigenvalue weighted by Crippen LogP contribution is 2.46. The third-order valence-electron chi connectivity index (χ3n) is 9.72. The second-order valence-electron chi connectivity index (χ2n) is 13.4. The number of nitrogens with one attached hydrogen (secondary N) is 4. The van der Waals surface area contributed by atoms with Crippen LogP contribution in [0.2, 0.25) is 5.02 Å². The van der Waals surface area contributed by atoms with Crippen LogP contribution in [0.25, 0.3) is 39.2 Å². The number of ether oxygens (including phenoxy) is 1. The molecule has 2 amide bonds. The van der Waals surface area contributed by atoms with Gasteiger partial charge in [-0.25, -0.2) is 9.97 Å². The van der Waals surface area contributed by atoms with Crippen molar-refractivity contribution in [1.82, 2.24) is 35.6 Å². The minimum Gasteiger partial charge on any atom is -0.481 e. The molecular formula is C39H37ClF3N7O4. The van der Waals surface area contributed by atoms with E-state index in [0.717, 1.165) is 12.8 Å². The van der Waals surface area contributed by atoms with Crippen LogP contribution >= 0.6 is 11.6 Å². The predicted molar refractivity (Wildman–Crippen MR) is 198 cm³/mol. The summed E-state index contributed by atoms with van der Waals surface area (Å²) >= 11 is 6.94. The van der Waals surface area contributed by atoms with E-state index in [4.69, 9.17) is 16.3 Å². The Morgan fingerprint density at radius 2 is 1.48 bits per heavy atom. The lowest BCUT2D eigenvalue weighted by molar-refractivity contribution is -0.136. The van der Waals surface area contributed by atoms with Gasteiger partial charge in [-0.3, -0.25) is 18.8 Å². The number of amides is 2. The third kappa shape index (κ3) is 7.81. The number of halogens is 4. The minimum atomic E-state index is -4.78. The maximum absolute atomic E-state index is 15.1. The molecule has 2 aliphatic heterocycles. The molecule has 54 heavy (non-hydrogen) atoms. The second kappa shape index (κ2) is 15.6. The Hall–Kier alpha value is -5.31. The van der Waals surface area contributed by atoms with Gasteiger partial charge in [0, 0.05) is 91.3 Å². The van der Waals surface area contributed by atoms with Gasteiger partial charge in [-0.2, -0.15) is 13.2 Å². The quantitative estimate of drug-likeness (QED) is 0.131. The van der Waals surface area contributed by atoms with Crippen LogP contribution in [0, 0.1) is 0 Å². The number of fused-ring (bicyclic) bond motifs is 1. The van der Waals surface area contributed by atoms with Crippen molar-refractivity contribution in [3.05, 3.63) is 105 Å². The van der Waals surface area contributed by atoms with Crippen molar-refractivity contribution in [2.75, 3.05) is 20.2 Å². The van der Waals surface area contributed by atoms with Gasteiger partial charge in [-0.15, -0.1) is 0 Å². The van der Waals surface area contributed by atoms with Crippen LogP contribution in [-0.2, 0) is 28.9 Å². The van der Waals surface area contributed by atoms with Gasteiger partial charge in [0.2, 0.25) is 17.7 Å². The average Bonchev–Trinajstić information content (AvgIpc) is 3.78. The van der Waals surface area contributed by atoms with Crippen LogP contribution in [0.1, 0.15) is 42.4 Å². The Kier molecular flexibility index (Phi) is 10.7. The molecule has 0 unspecified atom stereocenters. The van der Waals surface area contributed by atoms with Crippen LogP contribution < -0.4 is 31.6 Å². The van der Waals surface area contributed by atoms with Crippen LogP contribution in [0.3, 0.4) is 0 Å². The molecule has 0 bridgehead atoms. The summed E-state index contributed by atoms with van der Waals surface area (Å²) in [4.78, 5) is 45.2. The van der Waals surface area contributed by atoms with Crippen molar-refractivity contribution in [1.29, 1.82) is 0 Å². The summed E-state index contributed by atoms with van der Waals surface area (Å²) < 4.78 is 52.0. The first-order valence-electron chi connectivity index (χ1n) is 17.5. The lowest BCUT2D eigenvalue weighted by atomic mass is 9.91. The van der Waals surface area contributed by atoms with Crippen LogP contribution in [-0.4, -0.2) is 58.5 Å². The molecule has 2 fully saturated rings. The first-order chi connectivity index (χ1) is 26.0. The van der Waals surface area contributed by atoms with E-state index in [0.29, 0.717) is 60.4 Å². The van der Waals surface area contributed by atoms with E-state index in [1.807, 2.05) is 0 Å². The molecule has 7 rings (SSSR count). The fraction of sp³-hybridized carbons (Fsp3) is 0.308. The Morgan fingerprint density at radius 1 is 0.852 bits per heavy atom. The summed E-state index contributed by atoms with van der Waals surface area (Å²) in [6, 6.07) is 15.7. The number of rotatable bonds is 12. The molecule has 15 heteroatoms. The fourth-order valence-electron chi connectivity index (χ4n) is 7.01. The van der Waals surface area contributed by atoms with Crippen molar-refractivity contribution >= 4 is 29.1 Å². The monoisotopic (exact) mass is 759 g/mol. The largest absolute Gasteiger partial charge is 0.481 e. The zero-order valence-corrected chi connectivity index (χ0v) is 30.0. The Morgan fingerprint density at radius 3 is 2.11 bits per heavy atom. The lowest BCUT2D eigenvalue weighted by Gasteiger charge is -2.20. The molecule has 4 N–H and O–H groups in total. The summed E-state index contributed by atoms with van der Waals surface area (Å²) in [6.07, 6.45) is 0.715. The van der Waals surface area contributed by atoms with E-state index in [2.05, 4.69) is 31.2 Å². The number of benzene rings is 2. The smallest absolute Gasteiger partial charge is 0.417 e. The highest BCUT2D eigenvalue weighted by Gasteiger charge is 2.38. The molecule has 2 aliphatic rings. The Balaban J connectivity index is 1.16. The number of alkyl halides is 3. The number of nitrogens with zero attached hydrogens (tertiary/aromatic N) is 3. The number of carbonyl (C=O) groups excluding carboxylic acids is 2. The van der Waals surface area contributed by atoms with Crippen molar-refractivity contribution in [3.63, 3.8) is 0 Å². The normalized spacial score (nSPS) is 17.2. The highest BCUT2D eigenvalue weighted by molar-refractivity contribution is 6.36. The van der Waals surface area contributed by atoms with Gasteiger partial charge in [0.25, 0.3) is 5.56 Å². The number of hydrogen-bond acceptors (Lipinski definition) is 8. The summed E-state index contributed by atoms with van der Waals surface area (Å²) in [7, 11) is 1.41. The summed E-state index contributed by atoms with van der Waals surface area (Å²) in [5.74, 6) is 0.210. The third-order valence-corrected chi connectivity index (χ3v) is 10.1. The maximum Gasteiger partial charge on any atom is 0.417 e. The number of methoxy groups -OCH3 is 1. The first-order valence-corrected chi connectivity index (χ1v) is 17.9. The molecule has 280 valence electrons. The van der Waals surface area contributed by atoms with E-state index in [-0.39, 0.29) is 69.3 Å². The summed E-state index contributed by atoms with van der Waals surface area (Å²) in [5.41, 5.74) is 1.27. The van der Waals surface area contributed by atoms with Crippen molar-refractivity contribution in [3.8, 4) is 39.4 Å². The van der Waals surface area contributed by atoms with E-state index in [1.54, 1.807) is 36.5 Å². The zero-order valence-electron chi connectivity index (χ0n) is 29.2. The number of pyridine rings is 2. The van der Waals surface area contributed by atoms with Crippen LogP contribution in [0.15, 0.2) is 77.9 Å². The Bertz CT molecular complexity index is 2300. The fourth-order valence-corrected chi connectivity index (χ4v) is 7.35. The van der Waals surface area contributed by atoms with Crippen molar-refractivity contribution in [2.24, 2.45) is 0 Å². The zero-order chi connectivity index (χ0) is 38.0. The number of aromatic nitrogens is 3. The molecule has 0 saturated carbocycles. The second-order valence-corrected chi connectivity index (χ2v) is 13.7. The number of carbonyl (C=O) groups is 2.